The molecule has 8 nitrogen and oxygen atoms in total. The summed E-state index contributed by atoms with van der Waals surface area (Å²) in [4.78, 5) is 43.1. The third-order valence-electron chi connectivity index (χ3n) is 3.14. The number of hydrogen-bond acceptors (Lipinski definition) is 6. The lowest BCUT2D eigenvalue weighted by Gasteiger charge is -2.16. The van der Waals surface area contributed by atoms with E-state index in [0.29, 0.717) is 16.6 Å². The summed E-state index contributed by atoms with van der Waals surface area (Å²) in [5.41, 5.74) is 0.307. The summed E-state index contributed by atoms with van der Waals surface area (Å²) >= 11 is 1.10. The van der Waals surface area contributed by atoms with Gasteiger partial charge in [0.25, 0.3) is 5.56 Å². The van der Waals surface area contributed by atoms with Gasteiger partial charge in [-0.15, -0.1) is 0 Å². The van der Waals surface area contributed by atoms with Gasteiger partial charge in [-0.1, -0.05) is 17.8 Å². The molecular formula is C16H18N4O4S. The van der Waals surface area contributed by atoms with Gasteiger partial charge >= 0.3 is 0 Å². The largest absolute Gasteiger partial charge is 0.497 e. The van der Waals surface area contributed by atoms with Gasteiger partial charge in [0.1, 0.15) is 5.75 Å². The van der Waals surface area contributed by atoms with Gasteiger partial charge in [-0.3, -0.25) is 14.4 Å². The van der Waals surface area contributed by atoms with E-state index in [4.69, 9.17) is 4.74 Å². The molecule has 1 heterocycles. The fourth-order valence-corrected chi connectivity index (χ4v) is 2.66. The van der Waals surface area contributed by atoms with Crippen molar-refractivity contribution in [2.24, 2.45) is 0 Å². The molecule has 0 aliphatic rings. The topological polar surface area (TPSA) is 104 Å². The second-order valence-corrected chi connectivity index (χ2v) is 6.02. The fourth-order valence-electron chi connectivity index (χ4n) is 1.87. The number of amides is 2. The Kier molecular flexibility index (Phi) is 6.58. The van der Waals surface area contributed by atoms with Crippen molar-refractivity contribution >= 4 is 29.3 Å². The lowest BCUT2D eigenvalue weighted by atomic mass is 10.3. The molecule has 1 aromatic heterocycles. The predicted molar refractivity (Wildman–Crippen MR) is 94.8 cm³/mol. The smallest absolute Gasteiger partial charge is 0.251 e. The summed E-state index contributed by atoms with van der Waals surface area (Å²) in [6.07, 6.45) is 1.37. The Labute approximate surface area is 148 Å². The molecule has 132 valence electrons. The molecule has 0 radical (unpaired) electrons. The maximum absolute atomic E-state index is 12.1. The van der Waals surface area contributed by atoms with E-state index in [1.165, 1.54) is 24.2 Å². The van der Waals surface area contributed by atoms with Crippen LogP contribution >= 0.6 is 11.8 Å². The molecule has 0 spiro atoms. The number of carbonyl (C=O) groups excluding carboxylic acids is 2. The minimum Gasteiger partial charge on any atom is -0.497 e. The highest BCUT2D eigenvalue weighted by Gasteiger charge is 2.14. The van der Waals surface area contributed by atoms with Crippen molar-refractivity contribution < 1.29 is 14.3 Å². The number of nitrogens with one attached hydrogen (secondary N) is 2. The van der Waals surface area contributed by atoms with Crippen LogP contribution in [0, 0.1) is 0 Å². The highest BCUT2D eigenvalue weighted by molar-refractivity contribution is 7.99. The summed E-state index contributed by atoms with van der Waals surface area (Å²) in [6.45, 7) is -0.0880. The Morgan fingerprint density at radius 3 is 2.88 bits per heavy atom. The van der Waals surface area contributed by atoms with Gasteiger partial charge in [0.05, 0.1) is 19.4 Å². The van der Waals surface area contributed by atoms with Crippen molar-refractivity contribution in [3.8, 4) is 5.75 Å². The van der Waals surface area contributed by atoms with Crippen molar-refractivity contribution in [2.75, 3.05) is 31.8 Å². The molecule has 0 aliphatic heterocycles. The highest BCUT2D eigenvalue weighted by Crippen LogP contribution is 2.16. The van der Waals surface area contributed by atoms with E-state index in [1.807, 2.05) is 0 Å². The number of carbonyl (C=O) groups is 2. The second kappa shape index (κ2) is 8.88. The molecule has 0 unspecified atom stereocenters. The number of methoxy groups -OCH3 is 1. The van der Waals surface area contributed by atoms with Crippen LogP contribution in [0.2, 0.25) is 0 Å². The van der Waals surface area contributed by atoms with Crippen LogP contribution in [0.4, 0.5) is 5.69 Å². The molecule has 0 bridgehead atoms. The first-order valence-electron chi connectivity index (χ1n) is 7.34. The number of likely N-dealkylation sites (N-methyl/N-ethyl adjacent to an activating group) is 1. The van der Waals surface area contributed by atoms with Crippen molar-refractivity contribution in [1.82, 2.24) is 14.9 Å². The minimum atomic E-state index is -0.319. The number of ether oxygens (including phenoxy) is 1. The van der Waals surface area contributed by atoms with E-state index in [9.17, 15) is 14.4 Å². The Hall–Kier alpha value is -2.81. The normalized spacial score (nSPS) is 10.2. The zero-order valence-corrected chi connectivity index (χ0v) is 14.6. The second-order valence-electron chi connectivity index (χ2n) is 5.06. The maximum Gasteiger partial charge on any atom is 0.251 e. The van der Waals surface area contributed by atoms with E-state index in [0.717, 1.165) is 11.8 Å². The Morgan fingerprint density at radius 2 is 2.16 bits per heavy atom. The number of aromatic nitrogens is 2. The van der Waals surface area contributed by atoms with Gasteiger partial charge in [-0.2, -0.15) is 0 Å². The average Bonchev–Trinajstić information content (AvgIpc) is 2.59. The standard InChI is InChI=1S/C16H18N4O4S/c1-20(15(23)10-25-16-17-7-6-13(21)19-16)9-14(22)18-11-4-3-5-12(8-11)24-2/h3-8H,9-10H2,1-2H3,(H,18,22)(H,17,19,21). The number of nitrogens with zero attached hydrogens (tertiary/aromatic N) is 2. The molecule has 0 atom stereocenters. The maximum atomic E-state index is 12.1. The van der Waals surface area contributed by atoms with Gasteiger partial charge in [0.15, 0.2) is 5.16 Å². The molecule has 2 N–H and O–H groups in total. The Balaban J connectivity index is 1.83. The van der Waals surface area contributed by atoms with E-state index >= 15 is 0 Å². The van der Waals surface area contributed by atoms with Crippen molar-refractivity contribution in [2.45, 2.75) is 5.16 Å². The third kappa shape index (κ3) is 5.96. The average molecular weight is 362 g/mol. The van der Waals surface area contributed by atoms with Crippen LogP contribution < -0.4 is 15.6 Å². The number of H-pyrrole nitrogens is 1. The number of thioether (sulfide) groups is 1. The van der Waals surface area contributed by atoms with Crippen LogP contribution in [0.15, 0.2) is 46.5 Å². The van der Waals surface area contributed by atoms with Crippen LogP contribution in [0.25, 0.3) is 0 Å². The van der Waals surface area contributed by atoms with E-state index < -0.39 is 0 Å². The summed E-state index contributed by atoms with van der Waals surface area (Å²) in [7, 11) is 3.08. The zero-order chi connectivity index (χ0) is 18.2. The SMILES string of the molecule is COc1cccc(NC(=O)CN(C)C(=O)CSc2nccc(=O)[nH]2)c1. The minimum absolute atomic E-state index is 0.0654. The van der Waals surface area contributed by atoms with Crippen LogP contribution in [-0.2, 0) is 9.59 Å². The lowest BCUT2D eigenvalue weighted by Crippen LogP contribution is -2.36. The van der Waals surface area contributed by atoms with Crippen molar-refractivity contribution in [3.05, 3.63) is 46.9 Å². The molecule has 0 aliphatic carbocycles. The Morgan fingerprint density at radius 1 is 1.36 bits per heavy atom. The first-order valence-corrected chi connectivity index (χ1v) is 8.32. The monoisotopic (exact) mass is 362 g/mol. The predicted octanol–water partition coefficient (Wildman–Crippen LogP) is 0.968. The molecule has 2 rings (SSSR count). The summed E-state index contributed by atoms with van der Waals surface area (Å²) in [5.74, 6) is 0.122. The van der Waals surface area contributed by atoms with E-state index in [1.54, 1.807) is 31.4 Å². The first-order chi connectivity index (χ1) is 12.0. The van der Waals surface area contributed by atoms with Gasteiger partial charge in [0, 0.05) is 31.1 Å². The number of anilines is 1. The first kappa shape index (κ1) is 18.5. The fraction of sp³-hybridized carbons (Fsp3) is 0.250. The highest BCUT2D eigenvalue weighted by atomic mass is 32.2. The molecule has 2 amide bonds. The molecule has 0 saturated heterocycles. The summed E-state index contributed by atoms with van der Waals surface area (Å²) < 4.78 is 5.09. The number of rotatable bonds is 7. The van der Waals surface area contributed by atoms with Gasteiger partial charge < -0.3 is 19.9 Å². The number of aromatic amines is 1. The quantitative estimate of drug-likeness (QED) is 0.562. The summed E-state index contributed by atoms with van der Waals surface area (Å²) in [6, 6.07) is 8.24. The molecule has 0 saturated carbocycles. The molecular weight excluding hydrogens is 344 g/mol. The zero-order valence-electron chi connectivity index (χ0n) is 13.8. The summed E-state index contributed by atoms with van der Waals surface area (Å²) in [5, 5.41) is 3.06. The van der Waals surface area contributed by atoms with Crippen LogP contribution in [0.1, 0.15) is 0 Å². The molecule has 1 aromatic carbocycles. The van der Waals surface area contributed by atoms with Crippen LogP contribution in [0.3, 0.4) is 0 Å². The molecule has 25 heavy (non-hydrogen) atoms. The molecule has 2 aromatic rings. The van der Waals surface area contributed by atoms with Crippen molar-refractivity contribution in [3.63, 3.8) is 0 Å². The van der Waals surface area contributed by atoms with Crippen LogP contribution in [0.5, 0.6) is 5.75 Å². The van der Waals surface area contributed by atoms with E-state index in [2.05, 4.69) is 15.3 Å². The lowest BCUT2D eigenvalue weighted by molar-refractivity contribution is -0.131. The molecule has 0 fully saturated rings. The third-order valence-corrected chi connectivity index (χ3v) is 4.01. The van der Waals surface area contributed by atoms with Crippen molar-refractivity contribution in [1.29, 1.82) is 0 Å². The van der Waals surface area contributed by atoms with Gasteiger partial charge in [-0.05, 0) is 12.1 Å². The number of benzene rings is 1. The number of hydrogen-bond donors (Lipinski definition) is 2. The van der Waals surface area contributed by atoms with Crippen LogP contribution in [-0.4, -0.2) is 53.1 Å². The van der Waals surface area contributed by atoms with Gasteiger partial charge in [-0.25, -0.2) is 4.98 Å². The van der Waals surface area contributed by atoms with E-state index in [-0.39, 0.29) is 29.7 Å². The molecule has 9 heteroatoms. The Bertz CT molecular complexity index is 808. The van der Waals surface area contributed by atoms with Gasteiger partial charge in [0.2, 0.25) is 11.8 Å².